The maximum Gasteiger partial charge on any atom is 0.317 e. The Labute approximate surface area is 93.5 Å². The first-order valence-corrected chi connectivity index (χ1v) is 5.35. The second kappa shape index (κ2) is 4.61. The van der Waals surface area contributed by atoms with Gasteiger partial charge in [-0.1, -0.05) is 12.1 Å². The molecule has 1 aliphatic rings. The van der Waals surface area contributed by atoms with Crippen LogP contribution in [0.1, 0.15) is 18.4 Å². The summed E-state index contributed by atoms with van der Waals surface area (Å²) in [4.78, 5) is 12.6. The number of aliphatic carboxylic acids is 1. The minimum Gasteiger partial charge on any atom is -0.480 e. The van der Waals surface area contributed by atoms with E-state index in [0.717, 1.165) is 18.4 Å². The van der Waals surface area contributed by atoms with Crippen LogP contribution in [0, 0.1) is 5.82 Å². The van der Waals surface area contributed by atoms with Gasteiger partial charge in [-0.05, 0) is 30.5 Å². The largest absolute Gasteiger partial charge is 0.480 e. The third kappa shape index (κ3) is 3.03. The molecule has 0 atom stereocenters. The minimum absolute atomic E-state index is 0.0289. The van der Waals surface area contributed by atoms with E-state index < -0.39 is 5.97 Å². The highest BCUT2D eigenvalue weighted by Crippen LogP contribution is 2.28. The van der Waals surface area contributed by atoms with Gasteiger partial charge in [-0.25, -0.2) is 4.39 Å². The van der Waals surface area contributed by atoms with Crippen LogP contribution in [0.5, 0.6) is 0 Å². The van der Waals surface area contributed by atoms with Crippen molar-refractivity contribution < 1.29 is 14.3 Å². The van der Waals surface area contributed by atoms with Gasteiger partial charge < -0.3 is 5.11 Å². The molecule has 4 heteroatoms. The first-order valence-electron chi connectivity index (χ1n) is 5.35. The first kappa shape index (κ1) is 11.1. The Morgan fingerprint density at radius 2 is 2.25 bits per heavy atom. The van der Waals surface area contributed by atoms with Crippen LogP contribution in [0.4, 0.5) is 4.39 Å². The molecule has 1 fully saturated rings. The predicted octanol–water partition coefficient (Wildman–Crippen LogP) is 1.87. The summed E-state index contributed by atoms with van der Waals surface area (Å²) in [6.45, 7) is 0.538. The van der Waals surface area contributed by atoms with E-state index in [0.29, 0.717) is 12.6 Å². The minimum atomic E-state index is -0.830. The molecule has 0 amide bonds. The van der Waals surface area contributed by atoms with Crippen LogP contribution in [0.25, 0.3) is 0 Å². The Morgan fingerprint density at radius 3 is 2.81 bits per heavy atom. The van der Waals surface area contributed by atoms with E-state index in [1.807, 2.05) is 11.0 Å². The Bertz CT molecular complexity index is 390. The van der Waals surface area contributed by atoms with Gasteiger partial charge >= 0.3 is 5.97 Å². The van der Waals surface area contributed by atoms with Gasteiger partial charge in [0.05, 0.1) is 6.54 Å². The van der Waals surface area contributed by atoms with Crippen LogP contribution < -0.4 is 0 Å². The fourth-order valence-corrected chi connectivity index (χ4v) is 1.80. The van der Waals surface area contributed by atoms with Crippen LogP contribution in [-0.4, -0.2) is 28.6 Å². The number of carboxylic acids is 1. The van der Waals surface area contributed by atoms with Crippen molar-refractivity contribution in [3.63, 3.8) is 0 Å². The van der Waals surface area contributed by atoms with Crippen LogP contribution in [0.2, 0.25) is 0 Å². The van der Waals surface area contributed by atoms with E-state index in [1.165, 1.54) is 12.1 Å². The molecule has 0 spiro atoms. The molecule has 0 radical (unpaired) electrons. The van der Waals surface area contributed by atoms with Gasteiger partial charge in [0.15, 0.2) is 0 Å². The van der Waals surface area contributed by atoms with Gasteiger partial charge in [0, 0.05) is 12.6 Å². The lowest BCUT2D eigenvalue weighted by molar-refractivity contribution is -0.138. The molecule has 1 N–H and O–H groups in total. The zero-order chi connectivity index (χ0) is 11.5. The second-order valence-electron chi connectivity index (χ2n) is 4.16. The summed E-state index contributed by atoms with van der Waals surface area (Å²) in [5, 5.41) is 8.78. The van der Waals surface area contributed by atoms with Crippen LogP contribution in [0.15, 0.2) is 24.3 Å². The van der Waals surface area contributed by atoms with Crippen molar-refractivity contribution in [2.45, 2.75) is 25.4 Å². The first-order chi connectivity index (χ1) is 7.65. The molecule has 0 unspecified atom stereocenters. The van der Waals surface area contributed by atoms with E-state index in [-0.39, 0.29) is 12.4 Å². The van der Waals surface area contributed by atoms with Crippen molar-refractivity contribution in [2.24, 2.45) is 0 Å². The summed E-state index contributed by atoms with van der Waals surface area (Å²) < 4.78 is 13.0. The molecule has 1 aromatic rings. The zero-order valence-corrected chi connectivity index (χ0v) is 8.90. The van der Waals surface area contributed by atoms with Gasteiger partial charge in [-0.3, -0.25) is 9.69 Å². The van der Waals surface area contributed by atoms with Crippen molar-refractivity contribution in [3.05, 3.63) is 35.6 Å². The summed E-state index contributed by atoms with van der Waals surface area (Å²) in [5.74, 6) is -1.10. The Balaban J connectivity index is 2.02. The van der Waals surface area contributed by atoms with Crippen LogP contribution in [0.3, 0.4) is 0 Å². The quantitative estimate of drug-likeness (QED) is 0.828. The van der Waals surface area contributed by atoms with E-state index in [2.05, 4.69) is 0 Å². The molecule has 1 saturated carbocycles. The fourth-order valence-electron chi connectivity index (χ4n) is 1.80. The summed E-state index contributed by atoms with van der Waals surface area (Å²) in [6, 6.07) is 6.68. The van der Waals surface area contributed by atoms with E-state index in [9.17, 15) is 9.18 Å². The van der Waals surface area contributed by atoms with Gasteiger partial charge in [0.1, 0.15) is 5.82 Å². The van der Waals surface area contributed by atoms with Crippen molar-refractivity contribution in [2.75, 3.05) is 6.54 Å². The third-order valence-electron chi connectivity index (χ3n) is 2.68. The summed E-state index contributed by atoms with van der Waals surface area (Å²) in [7, 11) is 0. The average molecular weight is 223 g/mol. The molecule has 1 aromatic carbocycles. The van der Waals surface area contributed by atoms with Crippen molar-refractivity contribution >= 4 is 5.97 Å². The summed E-state index contributed by atoms with van der Waals surface area (Å²) in [5.41, 5.74) is 0.827. The molecule has 86 valence electrons. The molecular formula is C12H14FNO2. The lowest BCUT2D eigenvalue weighted by atomic mass is 10.2. The predicted molar refractivity (Wildman–Crippen MR) is 57.5 cm³/mol. The van der Waals surface area contributed by atoms with E-state index in [1.54, 1.807) is 6.07 Å². The Hall–Kier alpha value is -1.42. The Morgan fingerprint density at radius 1 is 1.50 bits per heavy atom. The fraction of sp³-hybridized carbons (Fsp3) is 0.417. The molecule has 0 bridgehead atoms. The SMILES string of the molecule is O=C(O)CN(Cc1cccc(F)c1)C1CC1. The van der Waals surface area contributed by atoms with Crippen LogP contribution in [-0.2, 0) is 11.3 Å². The second-order valence-corrected chi connectivity index (χ2v) is 4.16. The maximum absolute atomic E-state index is 13.0. The zero-order valence-electron chi connectivity index (χ0n) is 8.90. The number of hydrogen-bond donors (Lipinski definition) is 1. The molecule has 0 saturated heterocycles. The normalized spacial score (nSPS) is 15.4. The molecular weight excluding hydrogens is 209 g/mol. The average Bonchev–Trinajstić information content (AvgIpc) is 2.99. The highest BCUT2D eigenvalue weighted by atomic mass is 19.1. The number of halogens is 1. The summed E-state index contributed by atoms with van der Waals surface area (Å²) in [6.07, 6.45) is 2.09. The molecule has 2 rings (SSSR count). The van der Waals surface area contributed by atoms with Crippen molar-refractivity contribution in [1.82, 2.24) is 4.90 Å². The number of nitrogens with zero attached hydrogens (tertiary/aromatic N) is 1. The van der Waals surface area contributed by atoms with Crippen molar-refractivity contribution in [1.29, 1.82) is 0 Å². The highest BCUT2D eigenvalue weighted by Gasteiger charge is 2.30. The van der Waals surface area contributed by atoms with E-state index in [4.69, 9.17) is 5.11 Å². The van der Waals surface area contributed by atoms with Gasteiger partial charge in [-0.2, -0.15) is 0 Å². The van der Waals surface area contributed by atoms with Crippen molar-refractivity contribution in [3.8, 4) is 0 Å². The Kier molecular flexibility index (Phi) is 3.19. The number of hydrogen-bond acceptors (Lipinski definition) is 2. The number of carboxylic acid groups (broad SMARTS) is 1. The molecule has 16 heavy (non-hydrogen) atoms. The molecule has 0 aromatic heterocycles. The van der Waals surface area contributed by atoms with Gasteiger partial charge in [-0.15, -0.1) is 0 Å². The van der Waals surface area contributed by atoms with Crippen LogP contribution >= 0.6 is 0 Å². The number of rotatable bonds is 5. The summed E-state index contributed by atoms with van der Waals surface area (Å²) >= 11 is 0. The topological polar surface area (TPSA) is 40.5 Å². The number of benzene rings is 1. The molecule has 3 nitrogen and oxygen atoms in total. The van der Waals surface area contributed by atoms with Gasteiger partial charge in [0.25, 0.3) is 0 Å². The number of carbonyl (C=O) groups is 1. The van der Waals surface area contributed by atoms with E-state index >= 15 is 0 Å². The molecule has 1 aliphatic carbocycles. The lowest BCUT2D eigenvalue weighted by Crippen LogP contribution is -2.31. The smallest absolute Gasteiger partial charge is 0.317 e. The lowest BCUT2D eigenvalue weighted by Gasteiger charge is -2.19. The molecule has 0 aliphatic heterocycles. The molecule has 0 heterocycles. The monoisotopic (exact) mass is 223 g/mol. The highest BCUT2D eigenvalue weighted by molar-refractivity contribution is 5.69. The third-order valence-corrected chi connectivity index (χ3v) is 2.68. The van der Waals surface area contributed by atoms with Gasteiger partial charge in [0.2, 0.25) is 0 Å². The maximum atomic E-state index is 13.0. The standard InChI is InChI=1S/C12H14FNO2/c13-10-3-1-2-9(6-10)7-14(8-12(15)16)11-4-5-11/h1-3,6,11H,4-5,7-8H2,(H,15,16).